The predicted octanol–water partition coefficient (Wildman–Crippen LogP) is 1.56. The number of hydrogen-bond acceptors (Lipinski definition) is 4. The molecular formula is C23H30N3O3+. The molecule has 4 rings (SSSR count). The Morgan fingerprint density at radius 3 is 2.62 bits per heavy atom. The minimum absolute atomic E-state index is 0.0983. The number of amides is 1. The number of rotatable bonds is 6. The minimum atomic E-state index is 0.0983. The number of carbonyl (C=O) groups is 1. The molecule has 2 heterocycles. The molecule has 2 N–H and O–H groups in total. The highest BCUT2D eigenvalue weighted by Gasteiger charge is 2.32. The van der Waals surface area contributed by atoms with Crippen LogP contribution in [0.3, 0.4) is 0 Å². The highest BCUT2D eigenvalue weighted by atomic mass is 16.6. The van der Waals surface area contributed by atoms with Crippen molar-refractivity contribution in [3.63, 3.8) is 0 Å². The lowest BCUT2D eigenvalue weighted by atomic mass is 10.0. The number of fused-ring (bicyclic) bond motifs is 1. The molecule has 0 aliphatic carbocycles. The quantitative estimate of drug-likeness (QED) is 0.778. The Morgan fingerprint density at radius 1 is 1.10 bits per heavy atom. The van der Waals surface area contributed by atoms with Gasteiger partial charge in [-0.2, -0.15) is 0 Å². The van der Waals surface area contributed by atoms with Gasteiger partial charge in [0.25, 0.3) is 5.91 Å². The molecule has 2 aliphatic heterocycles. The first kappa shape index (κ1) is 19.6. The maximum Gasteiger partial charge on any atom is 0.275 e. The summed E-state index contributed by atoms with van der Waals surface area (Å²) in [5.41, 5.74) is 3.50. The van der Waals surface area contributed by atoms with E-state index in [1.54, 1.807) is 0 Å². The summed E-state index contributed by atoms with van der Waals surface area (Å²) in [4.78, 5) is 16.0. The van der Waals surface area contributed by atoms with Crippen LogP contribution in [0.15, 0.2) is 42.5 Å². The topological polar surface area (TPSA) is 55.2 Å². The fraction of sp³-hybridized carbons (Fsp3) is 0.435. The molecule has 6 nitrogen and oxygen atoms in total. The van der Waals surface area contributed by atoms with Crippen LogP contribution in [0.4, 0.5) is 5.69 Å². The number of nitrogens with zero attached hydrogens (tertiary/aromatic N) is 1. The van der Waals surface area contributed by atoms with Gasteiger partial charge in [-0.15, -0.1) is 0 Å². The summed E-state index contributed by atoms with van der Waals surface area (Å²) in [6.45, 7) is 3.27. The molecule has 29 heavy (non-hydrogen) atoms. The van der Waals surface area contributed by atoms with E-state index in [2.05, 4.69) is 46.6 Å². The number of anilines is 1. The largest absolute Gasteiger partial charge is 0.486 e. The zero-order valence-electron chi connectivity index (χ0n) is 17.2. The number of carbonyl (C=O) groups excluding carboxylic acids is 1. The second kappa shape index (κ2) is 8.74. The lowest BCUT2D eigenvalue weighted by Gasteiger charge is -2.24. The third-order valence-electron chi connectivity index (χ3n) is 5.78. The lowest BCUT2D eigenvalue weighted by Crippen LogP contribution is -3.11. The summed E-state index contributed by atoms with van der Waals surface area (Å²) >= 11 is 0. The van der Waals surface area contributed by atoms with Crippen molar-refractivity contribution >= 4 is 11.6 Å². The summed E-state index contributed by atoms with van der Waals surface area (Å²) in [6, 6.07) is 14.8. The van der Waals surface area contributed by atoms with E-state index in [0.29, 0.717) is 32.3 Å². The maximum atomic E-state index is 12.6. The molecule has 1 saturated heterocycles. The standard InChI is InChI=1S/C23H29N3O3/c1-25(2)19-8-5-17(6-9-19)15-24-23(27)16-26-11-3-4-20(26)18-7-10-21-22(14-18)29-13-12-28-21/h5-10,14,20H,3-4,11-13,15-16H2,1-2H3,(H,24,27)/p+1/t20-/m0/s1. The van der Waals surface area contributed by atoms with E-state index in [1.807, 2.05) is 20.2 Å². The molecule has 0 bridgehead atoms. The summed E-state index contributed by atoms with van der Waals surface area (Å²) in [7, 11) is 4.04. The van der Waals surface area contributed by atoms with E-state index < -0.39 is 0 Å². The van der Waals surface area contributed by atoms with Gasteiger partial charge in [0.15, 0.2) is 18.0 Å². The summed E-state index contributed by atoms with van der Waals surface area (Å²) < 4.78 is 11.4. The minimum Gasteiger partial charge on any atom is -0.486 e. The van der Waals surface area contributed by atoms with Gasteiger partial charge in [0.2, 0.25) is 0 Å². The Balaban J connectivity index is 1.34. The fourth-order valence-corrected chi connectivity index (χ4v) is 4.18. The van der Waals surface area contributed by atoms with Crippen molar-refractivity contribution in [3.05, 3.63) is 53.6 Å². The van der Waals surface area contributed by atoms with Crippen molar-refractivity contribution in [1.82, 2.24) is 5.32 Å². The van der Waals surface area contributed by atoms with Crippen molar-refractivity contribution in [2.45, 2.75) is 25.4 Å². The van der Waals surface area contributed by atoms with Crippen molar-refractivity contribution < 1.29 is 19.2 Å². The molecule has 2 atom stereocenters. The van der Waals surface area contributed by atoms with Crippen molar-refractivity contribution in [2.24, 2.45) is 0 Å². The highest BCUT2D eigenvalue weighted by Crippen LogP contribution is 2.33. The molecule has 1 unspecified atom stereocenters. The van der Waals surface area contributed by atoms with Crippen molar-refractivity contribution in [2.75, 3.05) is 45.3 Å². The average Bonchev–Trinajstić information content (AvgIpc) is 3.20. The third kappa shape index (κ3) is 4.65. The fourth-order valence-electron chi connectivity index (χ4n) is 4.18. The zero-order valence-corrected chi connectivity index (χ0v) is 17.2. The third-order valence-corrected chi connectivity index (χ3v) is 5.78. The maximum absolute atomic E-state index is 12.6. The molecule has 2 aliphatic rings. The van der Waals surface area contributed by atoms with E-state index in [9.17, 15) is 4.79 Å². The van der Waals surface area contributed by atoms with Gasteiger partial charge in [-0.25, -0.2) is 0 Å². The molecule has 0 radical (unpaired) electrons. The second-order valence-electron chi connectivity index (χ2n) is 8.02. The number of likely N-dealkylation sites (tertiary alicyclic amines) is 1. The summed E-state index contributed by atoms with van der Waals surface area (Å²) in [5, 5.41) is 3.08. The molecular weight excluding hydrogens is 366 g/mol. The van der Waals surface area contributed by atoms with Crippen LogP contribution in [0.2, 0.25) is 0 Å². The molecule has 2 aromatic rings. The Kier molecular flexibility index (Phi) is 5.90. The molecule has 1 amide bonds. The zero-order chi connectivity index (χ0) is 20.2. The number of nitrogens with one attached hydrogen (secondary N) is 2. The van der Waals surface area contributed by atoms with E-state index in [-0.39, 0.29) is 5.91 Å². The monoisotopic (exact) mass is 396 g/mol. The smallest absolute Gasteiger partial charge is 0.275 e. The summed E-state index contributed by atoms with van der Waals surface area (Å²) in [5.74, 6) is 1.74. The van der Waals surface area contributed by atoms with Gasteiger partial charge in [-0.3, -0.25) is 4.79 Å². The molecule has 0 aromatic heterocycles. The van der Waals surface area contributed by atoms with Crippen LogP contribution in [-0.4, -0.2) is 46.3 Å². The Hall–Kier alpha value is -2.73. The van der Waals surface area contributed by atoms with Crippen molar-refractivity contribution in [1.29, 1.82) is 0 Å². The van der Waals surface area contributed by atoms with Gasteiger partial charge in [0.1, 0.15) is 19.3 Å². The van der Waals surface area contributed by atoms with Gasteiger partial charge in [0, 0.05) is 44.7 Å². The van der Waals surface area contributed by atoms with Crippen LogP contribution in [0, 0.1) is 0 Å². The first-order valence-corrected chi connectivity index (χ1v) is 10.4. The van der Waals surface area contributed by atoms with Gasteiger partial charge >= 0.3 is 0 Å². The first-order chi connectivity index (χ1) is 14.1. The molecule has 0 spiro atoms. The van der Waals surface area contributed by atoms with E-state index >= 15 is 0 Å². The normalized spacial score (nSPS) is 20.3. The second-order valence-corrected chi connectivity index (χ2v) is 8.02. The van der Waals surface area contributed by atoms with Gasteiger partial charge < -0.3 is 24.6 Å². The number of quaternary nitrogens is 1. The SMILES string of the molecule is CN(C)c1ccc(CNC(=O)C[NH+]2CCC[C@H]2c2ccc3c(c2)OCCO3)cc1. The van der Waals surface area contributed by atoms with Crippen LogP contribution in [0.1, 0.15) is 30.0 Å². The van der Waals surface area contributed by atoms with Crippen LogP contribution in [0.25, 0.3) is 0 Å². The molecule has 6 heteroatoms. The van der Waals surface area contributed by atoms with Gasteiger partial charge in [0.05, 0.1) is 6.54 Å². The number of hydrogen-bond donors (Lipinski definition) is 2. The number of benzene rings is 2. The predicted molar refractivity (Wildman–Crippen MR) is 113 cm³/mol. The van der Waals surface area contributed by atoms with Crippen LogP contribution in [-0.2, 0) is 11.3 Å². The van der Waals surface area contributed by atoms with Crippen LogP contribution >= 0.6 is 0 Å². The van der Waals surface area contributed by atoms with Gasteiger partial charge in [-0.05, 0) is 35.9 Å². The van der Waals surface area contributed by atoms with Crippen molar-refractivity contribution in [3.8, 4) is 11.5 Å². The van der Waals surface area contributed by atoms with E-state index in [1.165, 1.54) is 10.5 Å². The van der Waals surface area contributed by atoms with Gasteiger partial charge in [-0.1, -0.05) is 12.1 Å². The molecule has 2 aromatic carbocycles. The number of ether oxygens (including phenoxy) is 2. The molecule has 0 saturated carbocycles. The lowest BCUT2D eigenvalue weighted by molar-refractivity contribution is -0.910. The van der Waals surface area contributed by atoms with E-state index in [0.717, 1.165) is 42.1 Å². The first-order valence-electron chi connectivity index (χ1n) is 10.4. The molecule has 154 valence electrons. The van der Waals surface area contributed by atoms with Crippen LogP contribution in [0.5, 0.6) is 11.5 Å². The molecule has 1 fully saturated rings. The van der Waals surface area contributed by atoms with Crippen LogP contribution < -0.4 is 24.6 Å². The van der Waals surface area contributed by atoms with E-state index in [4.69, 9.17) is 9.47 Å². The Bertz CT molecular complexity index is 851. The average molecular weight is 397 g/mol. The highest BCUT2D eigenvalue weighted by molar-refractivity contribution is 5.76. The summed E-state index contributed by atoms with van der Waals surface area (Å²) in [6.07, 6.45) is 2.22. The Labute approximate surface area is 172 Å². The Morgan fingerprint density at radius 2 is 1.86 bits per heavy atom.